The van der Waals surface area contributed by atoms with Crippen LogP contribution in [0.1, 0.15) is 51.9 Å². The molecule has 19 heavy (non-hydrogen) atoms. The highest BCUT2D eigenvalue weighted by atomic mass is 16.5. The number of likely N-dealkylation sites (tertiary alicyclic amines) is 1. The molecule has 0 radical (unpaired) electrons. The lowest BCUT2D eigenvalue weighted by Gasteiger charge is -2.20. The van der Waals surface area contributed by atoms with Gasteiger partial charge in [-0.15, -0.1) is 0 Å². The summed E-state index contributed by atoms with van der Waals surface area (Å²) in [6.45, 7) is 2.89. The van der Waals surface area contributed by atoms with E-state index < -0.39 is 0 Å². The van der Waals surface area contributed by atoms with Crippen LogP contribution in [-0.4, -0.2) is 42.3 Å². The van der Waals surface area contributed by atoms with Gasteiger partial charge in [-0.05, 0) is 26.2 Å². The summed E-state index contributed by atoms with van der Waals surface area (Å²) in [4.78, 5) is 35.1. The van der Waals surface area contributed by atoms with Crippen molar-refractivity contribution < 1.29 is 19.1 Å². The summed E-state index contributed by atoms with van der Waals surface area (Å²) in [5.74, 6) is -0.0538. The zero-order valence-electron chi connectivity index (χ0n) is 11.6. The van der Waals surface area contributed by atoms with Crippen LogP contribution in [0.25, 0.3) is 0 Å². The zero-order valence-corrected chi connectivity index (χ0v) is 11.6. The molecule has 1 fully saturated rings. The molecule has 1 amide bonds. The van der Waals surface area contributed by atoms with Gasteiger partial charge in [0.25, 0.3) is 0 Å². The van der Waals surface area contributed by atoms with Gasteiger partial charge in [0.15, 0.2) is 0 Å². The molecule has 108 valence electrons. The first-order chi connectivity index (χ1) is 9.19. The number of aldehydes is 1. The van der Waals surface area contributed by atoms with E-state index in [1.807, 2.05) is 0 Å². The highest BCUT2D eigenvalue weighted by Gasteiger charge is 2.29. The summed E-state index contributed by atoms with van der Waals surface area (Å²) < 4.78 is 4.84. The number of carbonyl (C=O) groups excluding carboxylic acids is 3. The number of hydrogen-bond donors (Lipinski definition) is 0. The molecule has 1 aliphatic rings. The van der Waals surface area contributed by atoms with Crippen LogP contribution in [0.4, 0.5) is 0 Å². The SMILES string of the molecule is CCOC(=O)CCCCCCN1C(=O)CCC1C=O. The Hall–Kier alpha value is -1.39. The van der Waals surface area contributed by atoms with Crippen LogP contribution in [0.3, 0.4) is 0 Å². The summed E-state index contributed by atoms with van der Waals surface area (Å²) in [7, 11) is 0. The van der Waals surface area contributed by atoms with E-state index in [1.165, 1.54) is 0 Å². The van der Waals surface area contributed by atoms with Gasteiger partial charge in [-0.2, -0.15) is 0 Å². The van der Waals surface area contributed by atoms with Crippen molar-refractivity contribution in [3.63, 3.8) is 0 Å². The van der Waals surface area contributed by atoms with Gasteiger partial charge in [-0.25, -0.2) is 0 Å². The maximum Gasteiger partial charge on any atom is 0.305 e. The van der Waals surface area contributed by atoms with Gasteiger partial charge in [0.2, 0.25) is 5.91 Å². The van der Waals surface area contributed by atoms with Gasteiger partial charge in [0.1, 0.15) is 6.29 Å². The third kappa shape index (κ3) is 5.41. The molecule has 0 bridgehead atoms. The molecule has 1 unspecified atom stereocenters. The fraction of sp³-hybridized carbons (Fsp3) is 0.786. The normalized spacial score (nSPS) is 18.7. The predicted octanol–water partition coefficient (Wildman–Crippen LogP) is 1.69. The standard InChI is InChI=1S/C14H23NO4/c1-2-19-14(18)7-5-3-4-6-10-15-12(11-16)8-9-13(15)17/h11-12H,2-10H2,1H3. The van der Waals surface area contributed by atoms with Crippen molar-refractivity contribution in [2.75, 3.05) is 13.2 Å². The Kier molecular flexibility index (Phi) is 7.15. The van der Waals surface area contributed by atoms with E-state index in [1.54, 1.807) is 11.8 Å². The molecule has 5 heteroatoms. The molecule has 5 nitrogen and oxygen atoms in total. The molecule has 0 N–H and O–H groups in total. The number of hydrogen-bond acceptors (Lipinski definition) is 4. The molecule has 0 aromatic carbocycles. The average molecular weight is 269 g/mol. The molecule has 0 saturated carbocycles. The number of rotatable bonds is 9. The smallest absolute Gasteiger partial charge is 0.305 e. The lowest BCUT2D eigenvalue weighted by Crippen LogP contribution is -2.34. The van der Waals surface area contributed by atoms with Crippen LogP contribution in [0.2, 0.25) is 0 Å². The summed E-state index contributed by atoms with van der Waals surface area (Å²) in [6.07, 6.45) is 6.11. The third-order valence-electron chi connectivity index (χ3n) is 3.37. The number of unbranched alkanes of at least 4 members (excludes halogenated alkanes) is 3. The summed E-state index contributed by atoms with van der Waals surface area (Å²) in [5.41, 5.74) is 0. The Morgan fingerprint density at radius 1 is 1.37 bits per heavy atom. The van der Waals surface area contributed by atoms with Gasteiger partial charge in [-0.1, -0.05) is 12.8 Å². The number of carbonyl (C=O) groups is 3. The topological polar surface area (TPSA) is 63.7 Å². The monoisotopic (exact) mass is 269 g/mol. The minimum absolute atomic E-state index is 0.0867. The van der Waals surface area contributed by atoms with Gasteiger partial charge in [0, 0.05) is 19.4 Å². The molecule has 0 aromatic rings. The van der Waals surface area contributed by atoms with Crippen molar-refractivity contribution in [1.29, 1.82) is 0 Å². The highest BCUT2D eigenvalue weighted by molar-refractivity contribution is 5.83. The van der Waals surface area contributed by atoms with Crippen LogP contribution in [0.5, 0.6) is 0 Å². The molecule has 1 heterocycles. The quantitative estimate of drug-likeness (QED) is 0.363. The van der Waals surface area contributed by atoms with E-state index >= 15 is 0 Å². The molecular formula is C14H23NO4. The van der Waals surface area contributed by atoms with Gasteiger partial charge in [0.05, 0.1) is 12.6 Å². The number of amides is 1. The van der Waals surface area contributed by atoms with E-state index in [0.29, 0.717) is 32.4 Å². The molecule has 0 aromatic heterocycles. The Balaban J connectivity index is 2.06. The highest BCUT2D eigenvalue weighted by Crippen LogP contribution is 2.18. The average Bonchev–Trinajstić information content (AvgIpc) is 2.75. The minimum atomic E-state index is -0.216. The van der Waals surface area contributed by atoms with E-state index in [2.05, 4.69) is 0 Å². The van der Waals surface area contributed by atoms with E-state index in [4.69, 9.17) is 4.74 Å². The summed E-state index contributed by atoms with van der Waals surface area (Å²) in [5, 5.41) is 0. The lowest BCUT2D eigenvalue weighted by atomic mass is 10.1. The zero-order chi connectivity index (χ0) is 14.1. The number of esters is 1. The molecule has 0 spiro atoms. The Labute approximate surface area is 114 Å². The first-order valence-corrected chi connectivity index (χ1v) is 7.09. The second-order valence-electron chi connectivity index (χ2n) is 4.80. The summed E-state index contributed by atoms with van der Waals surface area (Å²) in [6, 6.07) is -0.216. The second kappa shape index (κ2) is 8.67. The van der Waals surface area contributed by atoms with Crippen LogP contribution < -0.4 is 0 Å². The van der Waals surface area contributed by atoms with E-state index in [-0.39, 0.29) is 17.9 Å². The maximum atomic E-state index is 11.5. The van der Waals surface area contributed by atoms with Crippen molar-refractivity contribution in [2.24, 2.45) is 0 Å². The Bertz CT molecular complexity index is 317. The predicted molar refractivity (Wildman–Crippen MR) is 70.5 cm³/mol. The van der Waals surface area contributed by atoms with Crippen molar-refractivity contribution in [3.8, 4) is 0 Å². The third-order valence-corrected chi connectivity index (χ3v) is 3.37. The molecule has 0 aliphatic carbocycles. The fourth-order valence-corrected chi connectivity index (χ4v) is 2.33. The molecule has 1 aliphatic heterocycles. The molecule has 1 atom stereocenters. The Morgan fingerprint density at radius 3 is 2.79 bits per heavy atom. The molecule has 1 saturated heterocycles. The fourth-order valence-electron chi connectivity index (χ4n) is 2.33. The second-order valence-corrected chi connectivity index (χ2v) is 4.80. The number of nitrogens with zero attached hydrogens (tertiary/aromatic N) is 1. The van der Waals surface area contributed by atoms with Crippen molar-refractivity contribution in [2.45, 2.75) is 57.9 Å². The Morgan fingerprint density at radius 2 is 2.11 bits per heavy atom. The molecular weight excluding hydrogens is 246 g/mol. The lowest BCUT2D eigenvalue weighted by molar-refractivity contribution is -0.143. The first-order valence-electron chi connectivity index (χ1n) is 7.09. The summed E-state index contributed by atoms with van der Waals surface area (Å²) >= 11 is 0. The minimum Gasteiger partial charge on any atom is -0.466 e. The van der Waals surface area contributed by atoms with E-state index in [9.17, 15) is 14.4 Å². The van der Waals surface area contributed by atoms with Gasteiger partial charge >= 0.3 is 5.97 Å². The van der Waals surface area contributed by atoms with Crippen LogP contribution in [-0.2, 0) is 19.1 Å². The maximum absolute atomic E-state index is 11.5. The molecule has 1 rings (SSSR count). The van der Waals surface area contributed by atoms with Crippen LogP contribution >= 0.6 is 0 Å². The van der Waals surface area contributed by atoms with Crippen LogP contribution in [0, 0.1) is 0 Å². The van der Waals surface area contributed by atoms with Crippen molar-refractivity contribution >= 4 is 18.2 Å². The largest absolute Gasteiger partial charge is 0.466 e. The van der Waals surface area contributed by atoms with Crippen molar-refractivity contribution in [3.05, 3.63) is 0 Å². The number of ether oxygens (including phenoxy) is 1. The van der Waals surface area contributed by atoms with Gasteiger partial charge in [-0.3, -0.25) is 9.59 Å². The first kappa shape index (κ1) is 15.7. The van der Waals surface area contributed by atoms with Crippen molar-refractivity contribution in [1.82, 2.24) is 4.90 Å². The van der Waals surface area contributed by atoms with Gasteiger partial charge < -0.3 is 14.4 Å². The van der Waals surface area contributed by atoms with Crippen LogP contribution in [0.15, 0.2) is 0 Å². The van der Waals surface area contributed by atoms with E-state index in [0.717, 1.165) is 32.0 Å².